The molecule has 0 bridgehead atoms. The third kappa shape index (κ3) is 2.99. The van der Waals surface area contributed by atoms with Crippen LogP contribution in [0.3, 0.4) is 0 Å². The van der Waals surface area contributed by atoms with Crippen LogP contribution in [0.5, 0.6) is 0 Å². The second-order valence-corrected chi connectivity index (χ2v) is 8.64. The molecule has 5 rings (SSSR count). The monoisotopic (exact) mass is 456 g/mol. The summed E-state index contributed by atoms with van der Waals surface area (Å²) in [7, 11) is 4.08. The fraction of sp³-hybridized carbons (Fsp3) is 0.115. The maximum atomic E-state index is 13.9. The third-order valence-electron chi connectivity index (χ3n) is 5.87. The van der Waals surface area contributed by atoms with Crippen LogP contribution in [0.4, 0.5) is 0 Å². The Labute approximate surface area is 183 Å². The topological polar surface area (TPSA) is 26.9 Å². The van der Waals surface area contributed by atoms with E-state index in [0.717, 1.165) is 37.4 Å². The minimum Gasteiger partial charge on any atom is -0.350 e. The van der Waals surface area contributed by atoms with E-state index in [0.29, 0.717) is 5.56 Å². The first-order chi connectivity index (χ1) is 14.5. The lowest BCUT2D eigenvalue weighted by atomic mass is 9.84. The second-order valence-electron chi connectivity index (χ2n) is 7.73. The highest BCUT2D eigenvalue weighted by molar-refractivity contribution is 9.10. The first-order valence-corrected chi connectivity index (χ1v) is 10.7. The smallest absolute Gasteiger partial charge is 0.174 e. The van der Waals surface area contributed by atoms with Gasteiger partial charge in [-0.05, 0) is 35.4 Å². The normalized spacial score (nSPS) is 11.6. The van der Waals surface area contributed by atoms with Gasteiger partial charge in [0.15, 0.2) is 5.78 Å². The zero-order valence-electron chi connectivity index (χ0n) is 16.8. The minimum atomic E-state index is -0.386. The summed E-state index contributed by atoms with van der Waals surface area (Å²) in [4.78, 5) is 13.9. The molecule has 4 heteroatoms. The van der Waals surface area contributed by atoms with Crippen LogP contribution in [-0.2, 0) is 14.1 Å². The molecule has 0 fully saturated rings. The lowest BCUT2D eigenvalue weighted by Gasteiger charge is -2.16. The van der Waals surface area contributed by atoms with Crippen LogP contribution in [0.2, 0.25) is 0 Å². The van der Waals surface area contributed by atoms with Crippen molar-refractivity contribution in [2.45, 2.75) is 5.92 Å². The van der Waals surface area contributed by atoms with Crippen molar-refractivity contribution < 1.29 is 4.79 Å². The number of halogens is 1. The van der Waals surface area contributed by atoms with Crippen molar-refractivity contribution in [3.05, 3.63) is 106 Å². The van der Waals surface area contributed by atoms with Gasteiger partial charge in [-0.1, -0.05) is 64.5 Å². The van der Waals surface area contributed by atoms with Crippen LogP contribution in [0, 0.1) is 0 Å². The molecule has 0 spiro atoms. The van der Waals surface area contributed by atoms with Crippen molar-refractivity contribution in [1.82, 2.24) is 9.13 Å². The molecule has 5 aromatic rings. The zero-order chi connectivity index (χ0) is 20.8. The Morgan fingerprint density at radius 1 is 0.733 bits per heavy atom. The summed E-state index contributed by atoms with van der Waals surface area (Å²) < 4.78 is 5.18. The van der Waals surface area contributed by atoms with E-state index in [2.05, 4.69) is 61.7 Å². The van der Waals surface area contributed by atoms with Gasteiger partial charge < -0.3 is 9.13 Å². The maximum Gasteiger partial charge on any atom is 0.174 e. The van der Waals surface area contributed by atoms with Crippen molar-refractivity contribution in [2.75, 3.05) is 0 Å². The number of ketones is 1. The molecule has 0 amide bonds. The number of rotatable bonds is 4. The Morgan fingerprint density at radius 3 is 1.70 bits per heavy atom. The van der Waals surface area contributed by atoms with Gasteiger partial charge in [0.05, 0.1) is 5.92 Å². The van der Waals surface area contributed by atoms with Gasteiger partial charge in [-0.3, -0.25) is 4.79 Å². The number of Topliss-reactive ketones (excluding diaryl/α,β-unsaturated/α-hetero) is 1. The Kier molecular flexibility index (Phi) is 4.59. The summed E-state index contributed by atoms with van der Waals surface area (Å²) in [5.41, 5.74) is 5.04. The predicted molar refractivity (Wildman–Crippen MR) is 126 cm³/mol. The van der Waals surface area contributed by atoms with Crippen molar-refractivity contribution in [2.24, 2.45) is 14.1 Å². The molecule has 0 unspecified atom stereocenters. The predicted octanol–water partition coefficient (Wildman–Crippen LogP) is 6.45. The van der Waals surface area contributed by atoms with E-state index in [9.17, 15) is 4.79 Å². The molecule has 3 nitrogen and oxygen atoms in total. The summed E-state index contributed by atoms with van der Waals surface area (Å²) >= 11 is 3.48. The number of nitrogens with zero attached hydrogens (tertiary/aromatic N) is 2. The van der Waals surface area contributed by atoms with Gasteiger partial charge in [-0.2, -0.15) is 0 Å². The number of aromatic nitrogens is 2. The number of carbonyl (C=O) groups is 1. The molecule has 148 valence electrons. The Balaban J connectivity index is 1.79. The average molecular weight is 457 g/mol. The fourth-order valence-electron chi connectivity index (χ4n) is 4.44. The van der Waals surface area contributed by atoms with Gasteiger partial charge in [0, 0.05) is 58.3 Å². The van der Waals surface area contributed by atoms with Gasteiger partial charge in [0.25, 0.3) is 0 Å². The van der Waals surface area contributed by atoms with Gasteiger partial charge in [0.2, 0.25) is 0 Å². The summed E-state index contributed by atoms with van der Waals surface area (Å²) in [5, 5.41) is 2.23. The molecule has 0 N–H and O–H groups in total. The standard InChI is InChI=1S/C26H21BrN2O/c1-28-15-21(19-7-3-5-9-23(19)28)25(26(30)17-11-13-18(27)14-12-17)22-16-29(2)24-10-6-4-8-20(22)24/h3-16,25H,1-2H3. The first-order valence-electron chi connectivity index (χ1n) is 9.92. The number of hydrogen-bond acceptors (Lipinski definition) is 1. The molecular weight excluding hydrogens is 436 g/mol. The van der Waals surface area contributed by atoms with Crippen molar-refractivity contribution in [3.63, 3.8) is 0 Å². The number of aryl methyl sites for hydroxylation is 2. The van der Waals surface area contributed by atoms with E-state index in [1.807, 2.05) is 62.6 Å². The Hall–Kier alpha value is -3.11. The molecule has 0 aliphatic heterocycles. The van der Waals surface area contributed by atoms with Crippen molar-refractivity contribution in [3.8, 4) is 0 Å². The zero-order valence-corrected chi connectivity index (χ0v) is 18.4. The van der Waals surface area contributed by atoms with E-state index in [4.69, 9.17) is 0 Å². The minimum absolute atomic E-state index is 0.107. The molecule has 0 aliphatic rings. The van der Waals surface area contributed by atoms with Gasteiger partial charge in [-0.15, -0.1) is 0 Å². The first kappa shape index (κ1) is 18.9. The Bertz CT molecular complexity index is 1310. The van der Waals surface area contributed by atoms with E-state index < -0.39 is 0 Å². The Morgan fingerprint density at radius 2 is 1.20 bits per heavy atom. The molecule has 0 radical (unpaired) electrons. The van der Waals surface area contributed by atoms with Gasteiger partial charge >= 0.3 is 0 Å². The highest BCUT2D eigenvalue weighted by Gasteiger charge is 2.29. The third-order valence-corrected chi connectivity index (χ3v) is 6.40. The van der Waals surface area contributed by atoms with Crippen molar-refractivity contribution in [1.29, 1.82) is 0 Å². The summed E-state index contributed by atoms with van der Waals surface area (Å²) in [6.45, 7) is 0. The lowest BCUT2D eigenvalue weighted by Crippen LogP contribution is -2.14. The number of carbonyl (C=O) groups excluding carboxylic acids is 1. The second kappa shape index (κ2) is 7.29. The summed E-state index contributed by atoms with van der Waals surface area (Å²) in [5.74, 6) is -0.279. The number of fused-ring (bicyclic) bond motifs is 2. The summed E-state index contributed by atoms with van der Waals surface area (Å²) in [6.07, 6.45) is 4.21. The van der Waals surface area contributed by atoms with Crippen LogP contribution < -0.4 is 0 Å². The van der Waals surface area contributed by atoms with Crippen LogP contribution in [-0.4, -0.2) is 14.9 Å². The van der Waals surface area contributed by atoms with Gasteiger partial charge in [-0.25, -0.2) is 0 Å². The van der Waals surface area contributed by atoms with E-state index in [1.54, 1.807) is 0 Å². The fourth-order valence-corrected chi connectivity index (χ4v) is 4.70. The molecule has 2 aromatic heterocycles. The summed E-state index contributed by atoms with van der Waals surface area (Å²) in [6, 6.07) is 24.2. The van der Waals surface area contributed by atoms with E-state index in [-0.39, 0.29) is 11.7 Å². The molecule has 3 aromatic carbocycles. The van der Waals surface area contributed by atoms with Crippen LogP contribution in [0.25, 0.3) is 21.8 Å². The molecule has 2 heterocycles. The van der Waals surface area contributed by atoms with E-state index in [1.165, 1.54) is 0 Å². The molecule has 30 heavy (non-hydrogen) atoms. The SMILES string of the molecule is Cn1cc(C(C(=O)c2ccc(Br)cc2)c2cn(C)c3ccccc23)c2ccccc21. The quantitative estimate of drug-likeness (QED) is 0.285. The highest BCUT2D eigenvalue weighted by Crippen LogP contribution is 2.38. The van der Waals surface area contributed by atoms with Crippen LogP contribution in [0.1, 0.15) is 27.4 Å². The average Bonchev–Trinajstić information content (AvgIpc) is 3.27. The molecule has 0 atom stereocenters. The molecule has 0 aliphatic carbocycles. The number of hydrogen-bond donors (Lipinski definition) is 0. The molecule has 0 saturated heterocycles. The highest BCUT2D eigenvalue weighted by atomic mass is 79.9. The van der Waals surface area contributed by atoms with Crippen LogP contribution >= 0.6 is 15.9 Å². The number of benzene rings is 3. The van der Waals surface area contributed by atoms with Crippen LogP contribution in [0.15, 0.2) is 89.7 Å². The maximum absolute atomic E-state index is 13.9. The molecular formula is C26H21BrN2O. The van der Waals surface area contributed by atoms with E-state index >= 15 is 0 Å². The molecule has 0 saturated carbocycles. The van der Waals surface area contributed by atoms with Crippen molar-refractivity contribution >= 4 is 43.5 Å². The lowest BCUT2D eigenvalue weighted by molar-refractivity contribution is 0.0974. The largest absolute Gasteiger partial charge is 0.350 e. The van der Waals surface area contributed by atoms with Gasteiger partial charge in [0.1, 0.15) is 0 Å². The number of para-hydroxylation sites is 2.